The molecule has 0 aromatic carbocycles. The Morgan fingerprint density at radius 2 is 1.94 bits per heavy atom. The average Bonchev–Trinajstić information content (AvgIpc) is 2.14. The molecule has 0 unspecified atom stereocenters. The number of ketones is 1. The van der Waals surface area contributed by atoms with E-state index in [9.17, 15) is 4.79 Å². The molecule has 1 nitrogen and oxygen atoms in total. The Morgan fingerprint density at radius 1 is 1.35 bits per heavy atom. The zero-order valence-electron chi connectivity index (χ0n) is 12.2. The molecule has 0 aromatic heterocycles. The van der Waals surface area contributed by atoms with E-state index in [4.69, 9.17) is 0 Å². The molecular weight excluding hydrogens is 208 g/mol. The van der Waals surface area contributed by atoms with E-state index in [0.29, 0.717) is 5.92 Å². The first-order valence-corrected chi connectivity index (χ1v) is 6.68. The largest absolute Gasteiger partial charge is 0.295 e. The van der Waals surface area contributed by atoms with Crippen molar-refractivity contribution in [3.05, 3.63) is 22.8 Å². The van der Waals surface area contributed by atoms with Crippen LogP contribution in [-0.2, 0) is 4.79 Å². The van der Waals surface area contributed by atoms with Gasteiger partial charge in [0, 0.05) is 0 Å². The minimum Gasteiger partial charge on any atom is -0.295 e. The molecule has 0 heterocycles. The van der Waals surface area contributed by atoms with E-state index >= 15 is 0 Å². The van der Waals surface area contributed by atoms with Crippen LogP contribution in [0.4, 0.5) is 0 Å². The fraction of sp³-hybridized carbons (Fsp3) is 0.688. The van der Waals surface area contributed by atoms with E-state index in [1.165, 1.54) is 30.4 Å². The van der Waals surface area contributed by atoms with Crippen LogP contribution in [0.2, 0.25) is 0 Å². The highest BCUT2D eigenvalue weighted by Crippen LogP contribution is 2.41. The lowest BCUT2D eigenvalue weighted by Crippen LogP contribution is -2.20. The van der Waals surface area contributed by atoms with Crippen LogP contribution in [0, 0.1) is 11.3 Å². The van der Waals surface area contributed by atoms with Gasteiger partial charge >= 0.3 is 0 Å². The lowest BCUT2D eigenvalue weighted by molar-refractivity contribution is -0.114. The molecule has 0 bridgehead atoms. The smallest absolute Gasteiger partial charge is 0.156 e. The van der Waals surface area contributed by atoms with Crippen molar-refractivity contribution in [1.82, 2.24) is 0 Å². The van der Waals surface area contributed by atoms with Gasteiger partial charge in [-0.15, -0.1) is 0 Å². The monoisotopic (exact) mass is 234 g/mol. The van der Waals surface area contributed by atoms with Gasteiger partial charge in [-0.2, -0.15) is 0 Å². The Labute approximate surface area is 106 Å². The second-order valence-electron chi connectivity index (χ2n) is 6.24. The topological polar surface area (TPSA) is 17.1 Å². The number of Topliss-reactive ketones (excluding diaryl/α,β-unsaturated/α-hetero) is 1. The molecule has 0 radical (unpaired) electrons. The van der Waals surface area contributed by atoms with Gasteiger partial charge in [-0.1, -0.05) is 39.3 Å². The Morgan fingerprint density at radius 3 is 2.35 bits per heavy atom. The highest BCUT2D eigenvalue weighted by atomic mass is 16.1. The number of hydrogen-bond donors (Lipinski definition) is 0. The Balaban J connectivity index is 3.21. The van der Waals surface area contributed by atoms with Crippen molar-refractivity contribution in [2.45, 2.75) is 60.8 Å². The summed E-state index contributed by atoms with van der Waals surface area (Å²) in [4.78, 5) is 11.7. The van der Waals surface area contributed by atoms with E-state index in [1.807, 2.05) is 0 Å². The molecule has 0 saturated carbocycles. The molecule has 1 rings (SSSR count). The van der Waals surface area contributed by atoms with Crippen LogP contribution in [0.3, 0.4) is 0 Å². The average molecular weight is 234 g/mol. The minimum absolute atomic E-state index is 0.210. The van der Waals surface area contributed by atoms with Crippen LogP contribution >= 0.6 is 0 Å². The molecule has 0 amide bonds. The van der Waals surface area contributed by atoms with Crippen molar-refractivity contribution in [3.63, 3.8) is 0 Å². The summed E-state index contributed by atoms with van der Waals surface area (Å²) >= 11 is 0. The first-order chi connectivity index (χ1) is 7.75. The molecule has 0 atom stereocenters. The summed E-state index contributed by atoms with van der Waals surface area (Å²) in [5.74, 6) is 0.521. The van der Waals surface area contributed by atoms with Gasteiger partial charge < -0.3 is 0 Å². The number of carbonyl (C=O) groups excluding carboxylic acids is 1. The van der Waals surface area contributed by atoms with E-state index in [1.54, 1.807) is 6.92 Å². The van der Waals surface area contributed by atoms with Gasteiger partial charge in [0.25, 0.3) is 0 Å². The first kappa shape index (κ1) is 14.2. The van der Waals surface area contributed by atoms with Crippen LogP contribution < -0.4 is 0 Å². The van der Waals surface area contributed by atoms with E-state index in [-0.39, 0.29) is 11.2 Å². The van der Waals surface area contributed by atoms with Gasteiger partial charge in [-0.25, -0.2) is 0 Å². The standard InChI is InChI=1S/C16H26O/c1-11(2)14(13(4)17)10-15-12(3)8-7-9-16(15,5)6/h10-11H,7-9H2,1-6H3/b14-10-. The quantitative estimate of drug-likeness (QED) is 0.648. The first-order valence-electron chi connectivity index (χ1n) is 6.68. The van der Waals surface area contributed by atoms with E-state index in [2.05, 4.69) is 40.7 Å². The summed E-state index contributed by atoms with van der Waals surface area (Å²) in [7, 11) is 0. The third-order valence-electron chi connectivity index (χ3n) is 3.87. The van der Waals surface area contributed by atoms with Gasteiger partial charge in [0.15, 0.2) is 5.78 Å². The van der Waals surface area contributed by atoms with Gasteiger partial charge in [0.1, 0.15) is 0 Å². The molecule has 1 heteroatoms. The zero-order valence-corrected chi connectivity index (χ0v) is 12.2. The van der Waals surface area contributed by atoms with Crippen molar-refractivity contribution in [1.29, 1.82) is 0 Å². The Kier molecular flexibility index (Phi) is 4.35. The molecule has 0 spiro atoms. The van der Waals surface area contributed by atoms with E-state index in [0.717, 1.165) is 5.57 Å². The molecule has 1 aliphatic carbocycles. The SMILES string of the molecule is CC(=O)/C(=C\C1=C(C)CCCC1(C)C)C(C)C. The summed E-state index contributed by atoms with van der Waals surface area (Å²) < 4.78 is 0. The molecule has 0 aliphatic heterocycles. The lowest BCUT2D eigenvalue weighted by Gasteiger charge is -2.33. The maximum absolute atomic E-state index is 11.7. The third-order valence-corrected chi connectivity index (χ3v) is 3.87. The summed E-state index contributed by atoms with van der Waals surface area (Å²) in [5, 5.41) is 0. The normalized spacial score (nSPS) is 21.0. The maximum Gasteiger partial charge on any atom is 0.156 e. The molecule has 96 valence electrons. The van der Waals surface area contributed by atoms with Gasteiger partial charge in [0.05, 0.1) is 0 Å². The lowest BCUT2D eigenvalue weighted by atomic mass is 9.71. The van der Waals surface area contributed by atoms with Crippen LogP contribution in [0.25, 0.3) is 0 Å². The van der Waals surface area contributed by atoms with Crippen molar-refractivity contribution < 1.29 is 4.79 Å². The third kappa shape index (κ3) is 3.31. The van der Waals surface area contributed by atoms with Gasteiger partial charge in [0.2, 0.25) is 0 Å². The van der Waals surface area contributed by atoms with Crippen molar-refractivity contribution >= 4 is 5.78 Å². The van der Waals surface area contributed by atoms with Crippen molar-refractivity contribution in [2.24, 2.45) is 11.3 Å². The number of carbonyl (C=O) groups is 1. The van der Waals surface area contributed by atoms with Crippen LogP contribution in [-0.4, -0.2) is 5.78 Å². The minimum atomic E-state index is 0.210. The molecule has 0 aromatic rings. The summed E-state index contributed by atoms with van der Waals surface area (Å²) in [6.07, 6.45) is 5.84. The number of allylic oxidation sites excluding steroid dienone is 4. The fourth-order valence-electron chi connectivity index (χ4n) is 2.79. The summed E-state index contributed by atoms with van der Waals surface area (Å²) in [6.45, 7) is 12.7. The molecule has 0 N–H and O–H groups in total. The summed E-state index contributed by atoms with van der Waals surface area (Å²) in [6, 6.07) is 0. The second-order valence-corrected chi connectivity index (χ2v) is 6.24. The number of rotatable bonds is 3. The maximum atomic E-state index is 11.7. The van der Waals surface area contributed by atoms with Crippen molar-refractivity contribution in [3.8, 4) is 0 Å². The Bertz CT molecular complexity index is 367. The summed E-state index contributed by atoms with van der Waals surface area (Å²) in [5.41, 5.74) is 4.04. The van der Waals surface area contributed by atoms with Gasteiger partial charge in [-0.05, 0) is 55.6 Å². The predicted octanol–water partition coefficient (Wildman–Crippen LogP) is 4.68. The highest BCUT2D eigenvalue weighted by molar-refractivity contribution is 5.94. The molecule has 0 fully saturated rings. The molecule has 17 heavy (non-hydrogen) atoms. The van der Waals surface area contributed by atoms with E-state index < -0.39 is 0 Å². The second kappa shape index (κ2) is 5.20. The molecule has 0 saturated heterocycles. The molecular formula is C16H26O. The molecule has 1 aliphatic rings. The number of hydrogen-bond acceptors (Lipinski definition) is 1. The van der Waals surface area contributed by atoms with Crippen LogP contribution in [0.5, 0.6) is 0 Å². The Hall–Kier alpha value is -0.850. The highest BCUT2D eigenvalue weighted by Gasteiger charge is 2.27. The van der Waals surface area contributed by atoms with Gasteiger partial charge in [-0.3, -0.25) is 4.79 Å². The predicted molar refractivity (Wildman–Crippen MR) is 73.9 cm³/mol. The van der Waals surface area contributed by atoms with Crippen LogP contribution in [0.15, 0.2) is 22.8 Å². The van der Waals surface area contributed by atoms with Crippen molar-refractivity contribution in [2.75, 3.05) is 0 Å². The fourth-order valence-corrected chi connectivity index (χ4v) is 2.79. The zero-order chi connectivity index (χ0) is 13.2. The van der Waals surface area contributed by atoms with Crippen LogP contribution in [0.1, 0.15) is 60.8 Å².